The van der Waals surface area contributed by atoms with Crippen molar-refractivity contribution < 1.29 is 33.4 Å². The minimum atomic E-state index is -1.17. The van der Waals surface area contributed by atoms with E-state index in [-0.39, 0.29) is 25.5 Å². The minimum absolute atomic E-state index is 0.0910. The maximum Gasteiger partial charge on any atom is 0.329 e. The van der Waals surface area contributed by atoms with E-state index in [1.807, 2.05) is 30.3 Å². The molecule has 0 saturated heterocycles. The summed E-state index contributed by atoms with van der Waals surface area (Å²) < 4.78 is 16.7. The highest BCUT2D eigenvalue weighted by molar-refractivity contribution is 5.95. The number of nitrogen functional groups attached to an aromatic ring is 1. The van der Waals surface area contributed by atoms with E-state index in [9.17, 15) is 19.2 Å². The lowest BCUT2D eigenvalue weighted by Gasteiger charge is -2.28. The van der Waals surface area contributed by atoms with Crippen LogP contribution in [0, 0.1) is 5.41 Å². The standard InChI is InChI=1S/C31H43N5O7/c1-30(2,3)42-18-24(28(39)36-23(29(40)43-31(4,5)6)16-20-10-8-7-9-11-20)35-25(37)17-34-26(38)19-41-22-14-12-21(13-15-22)27(32)33/h7-15,23-24H,16-19H2,1-6H3,(H3,32,33)(H,34,38)(H,35,37)(H,36,39)/t23-,24-/m0/s1. The van der Waals surface area contributed by atoms with Gasteiger partial charge >= 0.3 is 5.97 Å². The van der Waals surface area contributed by atoms with Crippen LogP contribution in [0.3, 0.4) is 0 Å². The van der Waals surface area contributed by atoms with Crippen LogP contribution in [0.1, 0.15) is 52.7 Å². The average molecular weight is 598 g/mol. The largest absolute Gasteiger partial charge is 0.484 e. The molecule has 0 bridgehead atoms. The van der Waals surface area contributed by atoms with Crippen molar-refractivity contribution >= 4 is 29.5 Å². The molecule has 43 heavy (non-hydrogen) atoms. The topological polar surface area (TPSA) is 182 Å². The average Bonchev–Trinajstić information content (AvgIpc) is 2.91. The van der Waals surface area contributed by atoms with Gasteiger partial charge in [0.2, 0.25) is 11.8 Å². The molecule has 0 aliphatic rings. The van der Waals surface area contributed by atoms with Gasteiger partial charge < -0.3 is 35.9 Å². The highest BCUT2D eigenvalue weighted by Crippen LogP contribution is 2.13. The zero-order valence-corrected chi connectivity index (χ0v) is 25.6. The van der Waals surface area contributed by atoms with Crippen molar-refractivity contribution in [1.82, 2.24) is 16.0 Å². The fourth-order valence-corrected chi connectivity index (χ4v) is 3.56. The minimum Gasteiger partial charge on any atom is -0.484 e. The Morgan fingerprint density at radius 3 is 2.02 bits per heavy atom. The fraction of sp³-hybridized carbons (Fsp3) is 0.452. The second kappa shape index (κ2) is 15.7. The number of amides is 3. The molecular weight excluding hydrogens is 554 g/mol. The molecule has 0 radical (unpaired) electrons. The lowest BCUT2D eigenvalue weighted by molar-refractivity contribution is -0.159. The van der Waals surface area contributed by atoms with Gasteiger partial charge in [0.05, 0.1) is 18.8 Å². The van der Waals surface area contributed by atoms with Crippen molar-refractivity contribution in [3.8, 4) is 5.75 Å². The molecule has 12 heteroatoms. The van der Waals surface area contributed by atoms with Crippen LogP contribution >= 0.6 is 0 Å². The molecule has 0 aromatic heterocycles. The van der Waals surface area contributed by atoms with Crippen molar-refractivity contribution in [2.75, 3.05) is 19.8 Å². The van der Waals surface area contributed by atoms with Gasteiger partial charge in [0.25, 0.3) is 5.91 Å². The van der Waals surface area contributed by atoms with E-state index in [0.717, 1.165) is 5.56 Å². The third-order valence-corrected chi connectivity index (χ3v) is 5.61. The molecule has 234 valence electrons. The number of benzene rings is 2. The van der Waals surface area contributed by atoms with Crippen LogP contribution in [0.25, 0.3) is 0 Å². The zero-order chi connectivity index (χ0) is 32.2. The van der Waals surface area contributed by atoms with E-state index < -0.39 is 53.5 Å². The molecule has 2 aromatic carbocycles. The number of carbonyl (C=O) groups excluding carboxylic acids is 4. The quantitative estimate of drug-likeness (QED) is 0.124. The Hall–Kier alpha value is -4.45. The van der Waals surface area contributed by atoms with Gasteiger partial charge in [0.15, 0.2) is 6.61 Å². The van der Waals surface area contributed by atoms with Gasteiger partial charge in [-0.3, -0.25) is 19.8 Å². The predicted molar refractivity (Wildman–Crippen MR) is 162 cm³/mol. The molecule has 0 saturated carbocycles. The summed E-state index contributed by atoms with van der Waals surface area (Å²) in [5.41, 5.74) is 5.35. The maximum absolute atomic E-state index is 13.4. The van der Waals surface area contributed by atoms with Crippen molar-refractivity contribution in [3.05, 3.63) is 65.7 Å². The first-order chi connectivity index (χ1) is 20.0. The first kappa shape index (κ1) is 34.7. The molecule has 0 aliphatic carbocycles. The maximum atomic E-state index is 13.4. The van der Waals surface area contributed by atoms with Crippen LogP contribution < -0.4 is 26.4 Å². The summed E-state index contributed by atoms with van der Waals surface area (Å²) in [7, 11) is 0. The molecular formula is C31H43N5O7. The van der Waals surface area contributed by atoms with Crippen molar-refractivity contribution in [1.29, 1.82) is 5.41 Å². The molecule has 0 spiro atoms. The molecule has 0 unspecified atom stereocenters. The summed E-state index contributed by atoms with van der Waals surface area (Å²) in [5, 5.41) is 15.1. The molecule has 0 heterocycles. The van der Waals surface area contributed by atoms with Crippen LogP contribution in [0.5, 0.6) is 5.75 Å². The fourth-order valence-electron chi connectivity index (χ4n) is 3.56. The number of ether oxygens (including phenoxy) is 3. The third kappa shape index (κ3) is 13.8. The zero-order valence-electron chi connectivity index (χ0n) is 25.6. The summed E-state index contributed by atoms with van der Waals surface area (Å²) in [4.78, 5) is 51.4. The van der Waals surface area contributed by atoms with Gasteiger partial charge in [0.1, 0.15) is 29.3 Å². The van der Waals surface area contributed by atoms with Crippen LogP contribution in [-0.2, 0) is 35.1 Å². The van der Waals surface area contributed by atoms with Crippen LogP contribution in [0.2, 0.25) is 0 Å². The Labute approximate surface area is 252 Å². The predicted octanol–water partition coefficient (Wildman–Crippen LogP) is 1.83. The monoisotopic (exact) mass is 597 g/mol. The Balaban J connectivity index is 2.03. The van der Waals surface area contributed by atoms with Crippen molar-refractivity contribution in [2.45, 2.75) is 71.2 Å². The molecule has 2 rings (SSSR count). The Bertz CT molecular complexity index is 1250. The Kier molecular flexibility index (Phi) is 12.7. The summed E-state index contributed by atoms with van der Waals surface area (Å²) in [6.07, 6.45) is 0.176. The number of hydrogen-bond donors (Lipinski definition) is 5. The second-order valence-corrected chi connectivity index (χ2v) is 11.8. The second-order valence-electron chi connectivity index (χ2n) is 11.8. The Morgan fingerprint density at radius 1 is 0.837 bits per heavy atom. The van der Waals surface area contributed by atoms with E-state index in [4.69, 9.17) is 25.4 Å². The first-order valence-electron chi connectivity index (χ1n) is 13.9. The third-order valence-electron chi connectivity index (χ3n) is 5.61. The summed E-state index contributed by atoms with van der Waals surface area (Å²) >= 11 is 0. The SMILES string of the molecule is CC(C)(C)OC[C@H](NC(=O)CNC(=O)COc1ccc(C(=N)N)cc1)C(=O)N[C@@H](Cc1ccccc1)C(=O)OC(C)(C)C. The smallest absolute Gasteiger partial charge is 0.329 e. The van der Waals surface area contributed by atoms with Gasteiger partial charge in [-0.05, 0) is 71.4 Å². The van der Waals surface area contributed by atoms with E-state index in [1.165, 1.54) is 0 Å². The van der Waals surface area contributed by atoms with Gasteiger partial charge in [-0.2, -0.15) is 0 Å². The lowest BCUT2D eigenvalue weighted by Crippen LogP contribution is -2.56. The van der Waals surface area contributed by atoms with E-state index in [2.05, 4.69) is 16.0 Å². The number of rotatable bonds is 14. The van der Waals surface area contributed by atoms with Gasteiger partial charge in [-0.25, -0.2) is 4.79 Å². The van der Waals surface area contributed by atoms with Crippen LogP contribution in [0.4, 0.5) is 0 Å². The van der Waals surface area contributed by atoms with Crippen molar-refractivity contribution in [3.63, 3.8) is 0 Å². The molecule has 12 nitrogen and oxygen atoms in total. The van der Waals surface area contributed by atoms with Gasteiger partial charge in [-0.15, -0.1) is 0 Å². The first-order valence-corrected chi connectivity index (χ1v) is 13.9. The number of nitrogens with two attached hydrogens (primary N) is 1. The number of esters is 1. The van der Waals surface area contributed by atoms with Crippen LogP contribution in [0.15, 0.2) is 54.6 Å². The lowest BCUT2D eigenvalue weighted by atomic mass is 10.0. The van der Waals surface area contributed by atoms with Gasteiger partial charge in [-0.1, -0.05) is 30.3 Å². The molecule has 6 N–H and O–H groups in total. The highest BCUT2D eigenvalue weighted by Gasteiger charge is 2.31. The number of hydrogen-bond acceptors (Lipinski definition) is 8. The summed E-state index contributed by atoms with van der Waals surface area (Å²) in [5.74, 6) is -2.18. The summed E-state index contributed by atoms with van der Waals surface area (Å²) in [6.45, 7) is 9.64. The molecule has 3 amide bonds. The van der Waals surface area contributed by atoms with E-state index in [1.54, 1.807) is 65.8 Å². The van der Waals surface area contributed by atoms with Gasteiger partial charge in [0, 0.05) is 12.0 Å². The van der Waals surface area contributed by atoms with Crippen LogP contribution in [-0.4, -0.2) is 72.6 Å². The molecule has 0 fully saturated rings. The number of carbonyl (C=O) groups is 4. The highest BCUT2D eigenvalue weighted by atomic mass is 16.6. The molecule has 0 aliphatic heterocycles. The number of amidine groups is 1. The van der Waals surface area contributed by atoms with E-state index >= 15 is 0 Å². The molecule has 2 aromatic rings. The van der Waals surface area contributed by atoms with Crippen molar-refractivity contribution in [2.24, 2.45) is 5.73 Å². The normalized spacial score (nSPS) is 12.8. The van der Waals surface area contributed by atoms with E-state index in [0.29, 0.717) is 11.3 Å². The Morgan fingerprint density at radius 2 is 1.47 bits per heavy atom. The summed E-state index contributed by atoms with van der Waals surface area (Å²) in [6, 6.07) is 13.3. The number of nitrogens with one attached hydrogen (secondary N) is 4. The molecule has 2 atom stereocenters.